The summed E-state index contributed by atoms with van der Waals surface area (Å²) in [6.45, 7) is 8.10. The fourth-order valence-corrected chi connectivity index (χ4v) is 4.13. The molecule has 0 aliphatic heterocycles. The van der Waals surface area contributed by atoms with Crippen molar-refractivity contribution in [3.8, 4) is 22.3 Å². The Morgan fingerprint density at radius 3 is 1.78 bits per heavy atom. The smallest absolute Gasteiger partial charge is 0.338 e. The van der Waals surface area contributed by atoms with Crippen molar-refractivity contribution in [3.63, 3.8) is 0 Å². The van der Waals surface area contributed by atoms with E-state index in [1.165, 1.54) is 14.2 Å². The second kappa shape index (κ2) is 12.5. The minimum atomic E-state index is -0.431. The molecule has 37 heavy (non-hydrogen) atoms. The van der Waals surface area contributed by atoms with Gasteiger partial charge >= 0.3 is 11.9 Å². The SMILES string of the molecule is C=C/C=C\C(=C(C)C)N(N)Cc1cc(-c2ccccc2C(=O)OC)cc(-c2ccccc2C(=O)OC)c1. The van der Waals surface area contributed by atoms with Crippen LogP contribution in [0.4, 0.5) is 0 Å². The molecule has 3 rings (SSSR count). The zero-order valence-corrected chi connectivity index (χ0v) is 21.7. The van der Waals surface area contributed by atoms with Crippen molar-refractivity contribution in [2.75, 3.05) is 14.2 Å². The van der Waals surface area contributed by atoms with E-state index < -0.39 is 11.9 Å². The first-order valence-electron chi connectivity index (χ1n) is 11.8. The number of methoxy groups -OCH3 is 2. The van der Waals surface area contributed by atoms with Crippen molar-refractivity contribution >= 4 is 11.9 Å². The Labute approximate surface area is 218 Å². The highest BCUT2D eigenvalue weighted by Crippen LogP contribution is 2.33. The van der Waals surface area contributed by atoms with Crippen LogP contribution in [-0.2, 0) is 16.0 Å². The maximum absolute atomic E-state index is 12.5. The van der Waals surface area contributed by atoms with Crippen molar-refractivity contribution in [1.82, 2.24) is 5.01 Å². The van der Waals surface area contributed by atoms with Gasteiger partial charge in [-0.25, -0.2) is 15.4 Å². The van der Waals surface area contributed by atoms with Gasteiger partial charge in [-0.05, 0) is 78.1 Å². The lowest BCUT2D eigenvalue weighted by Gasteiger charge is -2.23. The topological polar surface area (TPSA) is 81.9 Å². The molecular weight excluding hydrogens is 464 g/mol. The predicted molar refractivity (Wildman–Crippen MR) is 147 cm³/mol. The summed E-state index contributed by atoms with van der Waals surface area (Å²) in [6, 6.07) is 20.5. The Morgan fingerprint density at radius 1 is 0.865 bits per heavy atom. The number of nitrogens with zero attached hydrogens (tertiary/aromatic N) is 1. The highest BCUT2D eigenvalue weighted by Gasteiger charge is 2.18. The maximum atomic E-state index is 12.5. The molecule has 0 atom stereocenters. The summed E-state index contributed by atoms with van der Waals surface area (Å²) in [7, 11) is 2.72. The van der Waals surface area contributed by atoms with Gasteiger partial charge in [0.05, 0.1) is 37.6 Å². The Kier molecular flexibility index (Phi) is 9.19. The Hall–Kier alpha value is -4.42. The Balaban J connectivity index is 2.23. The van der Waals surface area contributed by atoms with Gasteiger partial charge in [-0.2, -0.15) is 0 Å². The molecule has 0 heterocycles. The van der Waals surface area contributed by atoms with E-state index in [1.54, 1.807) is 35.4 Å². The van der Waals surface area contributed by atoms with E-state index in [4.69, 9.17) is 15.3 Å². The van der Waals surface area contributed by atoms with Crippen LogP contribution >= 0.6 is 0 Å². The van der Waals surface area contributed by atoms with Gasteiger partial charge < -0.3 is 14.5 Å². The van der Waals surface area contributed by atoms with Gasteiger partial charge in [-0.1, -0.05) is 60.7 Å². The second-order valence-corrected chi connectivity index (χ2v) is 8.60. The molecule has 3 aromatic carbocycles. The third-order valence-electron chi connectivity index (χ3n) is 5.84. The van der Waals surface area contributed by atoms with Crippen LogP contribution in [0.1, 0.15) is 40.1 Å². The van der Waals surface area contributed by atoms with Gasteiger partial charge in [-0.15, -0.1) is 0 Å². The summed E-state index contributed by atoms with van der Waals surface area (Å²) in [5.41, 5.74) is 6.69. The molecule has 0 amide bonds. The summed E-state index contributed by atoms with van der Waals surface area (Å²) in [5, 5.41) is 1.66. The van der Waals surface area contributed by atoms with E-state index in [1.807, 2.05) is 68.5 Å². The minimum absolute atomic E-state index is 0.379. The number of hydrazine groups is 1. The van der Waals surface area contributed by atoms with E-state index in [-0.39, 0.29) is 0 Å². The molecule has 0 aliphatic carbocycles. The van der Waals surface area contributed by atoms with E-state index in [9.17, 15) is 9.59 Å². The van der Waals surface area contributed by atoms with Crippen molar-refractivity contribution in [2.45, 2.75) is 20.4 Å². The first-order chi connectivity index (χ1) is 17.8. The lowest BCUT2D eigenvalue weighted by Crippen LogP contribution is -2.29. The van der Waals surface area contributed by atoms with E-state index in [2.05, 4.69) is 6.58 Å². The number of hydrogen-bond acceptors (Lipinski definition) is 6. The largest absolute Gasteiger partial charge is 0.465 e. The number of rotatable bonds is 9. The van der Waals surface area contributed by atoms with Crippen molar-refractivity contribution in [3.05, 3.63) is 119 Å². The standard InChI is InChI=1S/C31H32N2O4/c1-6-7-16-29(21(2)3)33(32)20-22-17-23(25-12-8-10-14-27(25)30(34)36-4)19-24(18-22)26-13-9-11-15-28(26)31(35)37-5/h6-19H,1,20,32H2,2-5H3/b16-7-. The summed E-state index contributed by atoms with van der Waals surface area (Å²) >= 11 is 0. The van der Waals surface area contributed by atoms with E-state index in [0.717, 1.165) is 28.0 Å². The Morgan fingerprint density at radius 2 is 1.35 bits per heavy atom. The van der Waals surface area contributed by atoms with Gasteiger partial charge in [0.1, 0.15) is 0 Å². The van der Waals surface area contributed by atoms with Crippen LogP contribution in [0.3, 0.4) is 0 Å². The summed E-state index contributed by atoms with van der Waals surface area (Å²) in [5.74, 6) is 5.65. The third-order valence-corrected chi connectivity index (χ3v) is 5.84. The van der Waals surface area contributed by atoms with Crippen LogP contribution in [-0.4, -0.2) is 31.2 Å². The number of esters is 2. The molecule has 0 radical (unpaired) electrons. The minimum Gasteiger partial charge on any atom is -0.465 e. The number of benzene rings is 3. The molecule has 0 unspecified atom stereocenters. The quantitative estimate of drug-likeness (QED) is 0.162. The van der Waals surface area contributed by atoms with Gasteiger partial charge in [-0.3, -0.25) is 0 Å². The van der Waals surface area contributed by atoms with Gasteiger partial charge in [0.2, 0.25) is 0 Å². The number of hydrogen-bond donors (Lipinski definition) is 1. The molecule has 0 spiro atoms. The molecule has 0 saturated heterocycles. The fourth-order valence-electron chi connectivity index (χ4n) is 4.13. The number of carbonyl (C=O) groups is 2. The van der Waals surface area contributed by atoms with Crippen molar-refractivity contribution < 1.29 is 19.1 Å². The molecule has 2 N–H and O–H groups in total. The van der Waals surface area contributed by atoms with Crippen LogP contribution in [0, 0.1) is 0 Å². The van der Waals surface area contributed by atoms with Crippen LogP contribution < -0.4 is 5.84 Å². The summed E-state index contributed by atoms with van der Waals surface area (Å²) in [6.07, 6.45) is 5.44. The lowest BCUT2D eigenvalue weighted by molar-refractivity contribution is 0.0592. The fraction of sp³-hybridized carbons (Fsp3) is 0.161. The summed E-state index contributed by atoms with van der Waals surface area (Å²) < 4.78 is 10.0. The number of allylic oxidation sites excluding steroid dienone is 4. The number of ether oxygens (including phenoxy) is 2. The molecule has 0 saturated carbocycles. The van der Waals surface area contributed by atoms with Gasteiger partial charge in [0, 0.05) is 0 Å². The lowest BCUT2D eigenvalue weighted by atomic mass is 9.91. The number of nitrogens with two attached hydrogens (primary N) is 1. The first-order valence-corrected chi connectivity index (χ1v) is 11.8. The zero-order valence-electron chi connectivity index (χ0n) is 21.7. The van der Waals surface area contributed by atoms with Crippen LogP contribution in [0.25, 0.3) is 22.3 Å². The number of carbonyl (C=O) groups excluding carboxylic acids is 2. The highest BCUT2D eigenvalue weighted by molar-refractivity contribution is 5.99. The van der Waals surface area contributed by atoms with E-state index >= 15 is 0 Å². The monoisotopic (exact) mass is 496 g/mol. The molecule has 6 nitrogen and oxygen atoms in total. The molecular formula is C31H32N2O4. The normalized spacial score (nSPS) is 10.6. The van der Waals surface area contributed by atoms with Crippen LogP contribution in [0.5, 0.6) is 0 Å². The third kappa shape index (κ3) is 6.42. The molecule has 190 valence electrons. The molecule has 0 fully saturated rings. The zero-order chi connectivity index (χ0) is 26.9. The second-order valence-electron chi connectivity index (χ2n) is 8.60. The van der Waals surface area contributed by atoms with Crippen LogP contribution in [0.15, 0.2) is 103 Å². The van der Waals surface area contributed by atoms with Crippen molar-refractivity contribution in [2.24, 2.45) is 5.84 Å². The van der Waals surface area contributed by atoms with E-state index in [0.29, 0.717) is 28.8 Å². The first kappa shape index (κ1) is 27.2. The Bertz CT molecular complexity index is 1290. The molecule has 0 bridgehead atoms. The average Bonchev–Trinajstić information content (AvgIpc) is 2.92. The predicted octanol–water partition coefficient (Wildman–Crippen LogP) is 6.31. The molecule has 0 aliphatic rings. The van der Waals surface area contributed by atoms with Crippen molar-refractivity contribution in [1.29, 1.82) is 0 Å². The van der Waals surface area contributed by atoms with Gasteiger partial charge in [0.25, 0.3) is 0 Å². The average molecular weight is 497 g/mol. The van der Waals surface area contributed by atoms with Crippen LogP contribution in [0.2, 0.25) is 0 Å². The highest BCUT2D eigenvalue weighted by atomic mass is 16.5. The molecule has 6 heteroatoms. The molecule has 0 aromatic heterocycles. The maximum Gasteiger partial charge on any atom is 0.338 e. The van der Waals surface area contributed by atoms with Gasteiger partial charge in [0.15, 0.2) is 0 Å². The molecule has 3 aromatic rings. The summed E-state index contributed by atoms with van der Waals surface area (Å²) in [4.78, 5) is 25.1.